The molecule has 488 valence electrons. The number of rotatable bonds is 4. The molecule has 0 aromatic heterocycles. The van der Waals surface area contributed by atoms with Crippen LogP contribution in [-0.2, 0) is 62.3 Å². The van der Waals surface area contributed by atoms with E-state index in [1.54, 1.807) is 13.8 Å². The number of alkyl halides is 2. The van der Waals surface area contributed by atoms with Gasteiger partial charge in [-0.1, -0.05) is 307 Å². The van der Waals surface area contributed by atoms with Gasteiger partial charge in [0, 0.05) is 33.9 Å². The zero-order valence-corrected chi connectivity index (χ0v) is 80.8. The number of carbonyl (C=O) groups excluding carboxylic acids is 2. The summed E-state index contributed by atoms with van der Waals surface area (Å²) in [4.78, 5) is 21.7. The maximum Gasteiger partial charge on any atom is 2.00 e. The molecular weight excluding hydrogens is 2100 g/mol. The Kier molecular flexibility index (Phi) is 149. The molecule has 3 aromatic carbocycles. The molecule has 6 aliphatic carbocycles. The van der Waals surface area contributed by atoms with Gasteiger partial charge in [0.25, 0.3) is 0 Å². The number of Topliss-reactive ketones (excluding diaryl/α,β-unsaturated/α-hetero) is 2. The third kappa shape index (κ3) is 85.6. The summed E-state index contributed by atoms with van der Waals surface area (Å²) >= 11 is 15.4. The SMILES string of the molecule is CC.CC.CC.CC.CC.CC.CC.CC.CC.CC(=O)c1ccc2c(c1)C2C.CC(=O)c1ccc2c(c1)[CH-]2.CC1CCCCC1.ICI.IPI.OCc1ccc2c(c1)[CH-]2.PI.PI(I)[B]I.[CH-]1CCCCC1.[CH-]1CCCCC1.[V+2].[V+2].[V]. The first kappa shape index (κ1) is 119. The minimum Gasteiger partial charge on any atom is -0.328 e. The Morgan fingerprint density at radius 1 is 0.566 bits per heavy atom. The van der Waals surface area contributed by atoms with Crippen LogP contribution < -0.4 is 0 Å². The molecule has 0 saturated heterocycles. The first-order valence-electron chi connectivity index (χ1n) is 30.1. The number of ketones is 2. The summed E-state index contributed by atoms with van der Waals surface area (Å²) in [6.45, 7) is 49.1. The van der Waals surface area contributed by atoms with Crippen LogP contribution in [0.25, 0.3) is 0 Å². The standard InChI is InChI=1S/C10H10O.C9H7O.C8H7O.C7H14.2C6H11.9C2H6.CH2I2.BH2I3P.HI2P.H2IP.3V/c1-6-9-4-3-8(7(2)11)5-10(6)9;1-6(10)7-2-3-8-5-9(8)4-7;9-5-6-1-2-7-4-8(7)3-6;1-7-5-3-2-4-6-7;2*1-2-4-6-5-3-1;9*1-2;2-1-3;2-1-4(3)5;1-3-2;1-2;;;/h3-6H,1-2H3;2-5H,1H3;1-4,9H,5H2;7H,2-6H2,1H3;2*1H,2-6H2;9*1-2H3;1H2;5H2;3H;2H2;;;/q;2*-1;;2*-1;;;;;;;;;;;;;;;2*+2. The molecule has 3 unspecified atom stereocenters. The van der Waals surface area contributed by atoms with Crippen LogP contribution in [0.4, 0.5) is 0 Å². The van der Waals surface area contributed by atoms with Crippen molar-refractivity contribution >= 4 is 200 Å². The minimum atomic E-state index is -0.534. The second-order valence-electron chi connectivity index (χ2n) is 15.1. The predicted octanol–water partition coefficient (Wildman–Crippen LogP) is 29.4. The number of hydrogen-bond acceptors (Lipinski definition) is 3. The number of halogens is 8. The van der Waals surface area contributed by atoms with Crippen molar-refractivity contribution in [2.45, 2.75) is 261 Å². The molecule has 0 aliphatic heterocycles. The number of hydrogen-bond donors (Lipinski definition) is 1. The van der Waals surface area contributed by atoms with Gasteiger partial charge in [-0.3, -0.25) is 9.59 Å². The fourth-order valence-corrected chi connectivity index (χ4v) is 6.51. The third-order valence-corrected chi connectivity index (χ3v) is 26.0. The number of aliphatic hydroxyl groups is 1. The smallest absolute Gasteiger partial charge is 0.328 e. The van der Waals surface area contributed by atoms with Gasteiger partial charge >= 0.3 is 103 Å². The monoisotopic (exact) mass is 2220 g/mol. The Bertz CT molecular complexity index is 1610. The van der Waals surface area contributed by atoms with Crippen LogP contribution in [-0.4, -0.2) is 22.1 Å². The molecule has 3 atom stereocenters. The van der Waals surface area contributed by atoms with E-state index in [4.69, 9.17) is 5.11 Å². The molecule has 6 aliphatic rings. The average Bonchev–Trinajstić information content (AvgIpc) is 4.50. The van der Waals surface area contributed by atoms with Gasteiger partial charge in [0.2, 0.25) is 0 Å². The molecule has 3 saturated carbocycles. The first-order valence-corrected chi connectivity index (χ1v) is 57.5. The largest absolute Gasteiger partial charge is 2.00 e. The van der Waals surface area contributed by atoms with E-state index in [1.807, 2.05) is 173 Å². The van der Waals surface area contributed by atoms with Crippen LogP contribution in [0.5, 0.6) is 0 Å². The molecule has 4 radical (unpaired) electrons. The Labute approximate surface area is 659 Å². The molecule has 9 rings (SSSR count). The van der Waals surface area contributed by atoms with Crippen LogP contribution in [0, 0.1) is 31.6 Å². The predicted molar refractivity (Wildman–Crippen MR) is 457 cm³/mol. The second kappa shape index (κ2) is 104. The number of carbonyl (C=O) groups is 2. The number of aliphatic hydroxyl groups excluding tert-OH is 1. The van der Waals surface area contributed by atoms with Crippen molar-refractivity contribution < 1.29 is 70.4 Å². The third-order valence-electron chi connectivity index (χ3n) is 10.2. The average molecular weight is 2220 g/mol. The van der Waals surface area contributed by atoms with E-state index in [2.05, 4.69) is 215 Å². The van der Waals surface area contributed by atoms with Crippen LogP contribution >= 0.6 is 185 Å². The van der Waals surface area contributed by atoms with Gasteiger partial charge in [-0.05, 0) is 86.6 Å². The summed E-state index contributed by atoms with van der Waals surface area (Å²) in [5.74, 6) is 1.94. The maximum absolute atomic E-state index is 10.9. The zero-order valence-electron chi connectivity index (χ0n) is 56.0. The van der Waals surface area contributed by atoms with E-state index >= 15 is 0 Å². The number of benzene rings is 3. The Hall–Kier alpha value is 5.65. The Morgan fingerprint density at radius 3 is 1.10 bits per heavy atom. The normalized spacial score (nSPS) is 12.7. The number of fused-ring (bicyclic) bond motifs is 3. The summed E-state index contributed by atoms with van der Waals surface area (Å²) in [6, 6.07) is 17.7. The second-order valence-corrected chi connectivity index (χ2v) is 49.8. The molecule has 83 heavy (non-hydrogen) atoms. The molecule has 1 N–H and O–H groups in total. The van der Waals surface area contributed by atoms with E-state index < -0.39 is 15.1 Å². The Morgan fingerprint density at radius 2 is 0.867 bits per heavy atom. The van der Waals surface area contributed by atoms with Crippen LogP contribution in [0.3, 0.4) is 0 Å². The van der Waals surface area contributed by atoms with Gasteiger partial charge < -0.3 is 17.9 Å². The topological polar surface area (TPSA) is 54.4 Å². The van der Waals surface area contributed by atoms with Crippen molar-refractivity contribution in [1.29, 1.82) is 0 Å². The summed E-state index contributed by atoms with van der Waals surface area (Å²) in [5, 5.41) is 8.67. The summed E-state index contributed by atoms with van der Waals surface area (Å²) in [5.41, 5.74) is 10.5. The first-order chi connectivity index (χ1) is 38.9. The van der Waals surface area contributed by atoms with Crippen molar-refractivity contribution in [3.63, 3.8) is 0 Å². The van der Waals surface area contributed by atoms with Gasteiger partial charge in [-0.2, -0.15) is 72.9 Å². The molecule has 3 nitrogen and oxygen atoms in total. The van der Waals surface area contributed by atoms with E-state index in [-0.39, 0.29) is 73.8 Å². The molecule has 3 fully saturated rings. The van der Waals surface area contributed by atoms with Gasteiger partial charge in [0.05, 0.1) is 9.04 Å². The maximum atomic E-state index is 10.9. The summed E-state index contributed by atoms with van der Waals surface area (Å²) < 4.78 is 4.46. The van der Waals surface area contributed by atoms with Crippen molar-refractivity contribution in [3.05, 3.63) is 130 Å². The minimum absolute atomic E-state index is 0. The molecule has 0 heterocycles. The van der Waals surface area contributed by atoms with Gasteiger partial charge in [-0.25, -0.2) is 0 Å². The molecular formula is C65H121BI8O3P3V3. The summed E-state index contributed by atoms with van der Waals surface area (Å²) in [6.07, 6.45) is 30.6. The molecule has 0 amide bonds. The molecule has 0 bridgehead atoms. The van der Waals surface area contributed by atoms with Crippen molar-refractivity contribution in [2.75, 3.05) is 2.43 Å². The van der Waals surface area contributed by atoms with Crippen LogP contribution in [0.1, 0.15) is 314 Å². The van der Waals surface area contributed by atoms with Crippen molar-refractivity contribution in [2.24, 2.45) is 5.92 Å². The van der Waals surface area contributed by atoms with Crippen molar-refractivity contribution in [1.82, 2.24) is 0 Å². The molecule has 18 heteroatoms. The molecule has 0 spiro atoms. The fourth-order valence-electron chi connectivity index (χ4n) is 6.51. The van der Waals surface area contributed by atoms with E-state index in [0.29, 0.717) is 5.92 Å². The van der Waals surface area contributed by atoms with Gasteiger partial charge in [0.15, 0.2) is 11.6 Å². The van der Waals surface area contributed by atoms with Gasteiger partial charge in [0.1, 0.15) is 0 Å². The van der Waals surface area contributed by atoms with E-state index in [0.717, 1.165) is 26.5 Å². The molecule has 3 aromatic rings. The zero-order chi connectivity index (χ0) is 64.7. The van der Waals surface area contributed by atoms with E-state index in [1.165, 1.54) is 132 Å². The van der Waals surface area contributed by atoms with Crippen molar-refractivity contribution in [3.8, 4) is 0 Å². The van der Waals surface area contributed by atoms with Crippen LogP contribution in [0.15, 0.2) is 54.6 Å². The fraction of sp³-hybridized carbons (Fsp3) is 0.631. The van der Waals surface area contributed by atoms with Gasteiger partial charge in [-0.15, -0.1) is 18.2 Å². The summed E-state index contributed by atoms with van der Waals surface area (Å²) in [7, 11) is 0. The van der Waals surface area contributed by atoms with Crippen LogP contribution in [0.2, 0.25) is 0 Å². The quantitative estimate of drug-likeness (QED) is 0.0487. The van der Waals surface area contributed by atoms with E-state index in [9.17, 15) is 9.59 Å². The Balaban J connectivity index is -0.0000000589.